The SMILES string of the molecule is O=[PH](c1ccccc1)c1ccc(N(c2ccccc2)c2ccccc2)cc1. The Kier molecular flexibility index (Phi) is 5.18. The molecule has 0 heterocycles. The molecule has 0 aromatic heterocycles. The summed E-state index contributed by atoms with van der Waals surface area (Å²) < 4.78 is 12.8. The lowest BCUT2D eigenvalue weighted by molar-refractivity contribution is 0.598. The Morgan fingerprint density at radius 3 is 1.30 bits per heavy atom. The summed E-state index contributed by atoms with van der Waals surface area (Å²) in [4.78, 5) is 2.20. The molecule has 0 bridgehead atoms. The summed E-state index contributed by atoms with van der Waals surface area (Å²) in [6.45, 7) is 0. The molecule has 132 valence electrons. The normalized spacial score (nSPS) is 11.7. The van der Waals surface area contributed by atoms with E-state index in [1.165, 1.54) is 0 Å². The first kappa shape index (κ1) is 17.3. The van der Waals surface area contributed by atoms with Crippen molar-refractivity contribution in [1.29, 1.82) is 0 Å². The van der Waals surface area contributed by atoms with Gasteiger partial charge in [0.05, 0.1) is 0 Å². The molecule has 4 aromatic rings. The molecule has 0 saturated heterocycles. The van der Waals surface area contributed by atoms with E-state index in [4.69, 9.17) is 0 Å². The highest BCUT2D eigenvalue weighted by Gasteiger charge is 2.13. The highest BCUT2D eigenvalue weighted by Crippen LogP contribution is 2.34. The second-order valence-electron chi connectivity index (χ2n) is 6.25. The van der Waals surface area contributed by atoms with E-state index >= 15 is 0 Å². The van der Waals surface area contributed by atoms with Gasteiger partial charge < -0.3 is 9.46 Å². The van der Waals surface area contributed by atoms with Gasteiger partial charge in [-0.1, -0.05) is 66.7 Å². The third-order valence-electron chi connectivity index (χ3n) is 4.45. The first-order valence-electron chi connectivity index (χ1n) is 8.93. The fourth-order valence-corrected chi connectivity index (χ4v) is 4.42. The Bertz CT molecular complexity index is 977. The standard InChI is InChI=1S/C24H20NOP/c26-27(23-14-8-3-9-15-23)24-18-16-22(17-19-24)25(20-10-4-1-5-11-20)21-12-6-2-7-13-21/h1-19,27H. The summed E-state index contributed by atoms with van der Waals surface area (Å²) in [5, 5.41) is 1.76. The van der Waals surface area contributed by atoms with Gasteiger partial charge in [0.15, 0.2) is 0 Å². The molecule has 0 aliphatic carbocycles. The molecule has 1 atom stereocenters. The van der Waals surface area contributed by atoms with Crippen molar-refractivity contribution in [2.24, 2.45) is 0 Å². The average Bonchev–Trinajstić information content (AvgIpc) is 2.76. The van der Waals surface area contributed by atoms with Gasteiger partial charge in [-0.25, -0.2) is 0 Å². The van der Waals surface area contributed by atoms with Gasteiger partial charge in [-0.05, 0) is 48.5 Å². The van der Waals surface area contributed by atoms with E-state index in [9.17, 15) is 4.57 Å². The van der Waals surface area contributed by atoms with E-state index in [0.717, 1.165) is 27.7 Å². The van der Waals surface area contributed by atoms with Gasteiger partial charge in [0, 0.05) is 27.7 Å². The smallest absolute Gasteiger partial charge is 0.131 e. The van der Waals surface area contributed by atoms with Gasteiger partial charge in [-0.15, -0.1) is 0 Å². The first-order chi connectivity index (χ1) is 13.3. The van der Waals surface area contributed by atoms with Gasteiger partial charge in [-0.2, -0.15) is 0 Å². The molecule has 2 nitrogen and oxygen atoms in total. The predicted octanol–water partition coefficient (Wildman–Crippen LogP) is 5.67. The third-order valence-corrected chi connectivity index (χ3v) is 6.17. The second kappa shape index (κ2) is 8.07. The number of hydrogen-bond donors (Lipinski definition) is 0. The fourth-order valence-electron chi connectivity index (χ4n) is 3.12. The maximum absolute atomic E-state index is 12.8. The molecule has 0 aliphatic rings. The summed E-state index contributed by atoms with van der Waals surface area (Å²) in [6, 6.07) is 38.2. The van der Waals surface area contributed by atoms with Crippen LogP contribution in [0.15, 0.2) is 115 Å². The lowest BCUT2D eigenvalue weighted by Gasteiger charge is -2.25. The van der Waals surface area contributed by atoms with Gasteiger partial charge in [0.2, 0.25) is 0 Å². The van der Waals surface area contributed by atoms with Crippen LogP contribution in [0.4, 0.5) is 17.1 Å². The van der Waals surface area contributed by atoms with Crippen molar-refractivity contribution in [2.75, 3.05) is 4.90 Å². The van der Waals surface area contributed by atoms with Gasteiger partial charge >= 0.3 is 0 Å². The van der Waals surface area contributed by atoms with Crippen LogP contribution in [-0.2, 0) is 4.57 Å². The van der Waals surface area contributed by atoms with E-state index in [0.29, 0.717) is 0 Å². The fraction of sp³-hybridized carbons (Fsp3) is 0. The molecule has 4 rings (SSSR count). The molecule has 0 aliphatic heterocycles. The van der Waals surface area contributed by atoms with Crippen molar-refractivity contribution in [3.05, 3.63) is 115 Å². The topological polar surface area (TPSA) is 20.3 Å². The minimum atomic E-state index is -1.98. The van der Waals surface area contributed by atoms with Crippen LogP contribution in [-0.4, -0.2) is 0 Å². The summed E-state index contributed by atoms with van der Waals surface area (Å²) >= 11 is 0. The number of hydrogen-bond acceptors (Lipinski definition) is 2. The van der Waals surface area contributed by atoms with Crippen LogP contribution in [0, 0.1) is 0 Å². The first-order valence-corrected chi connectivity index (χ1v) is 10.3. The molecule has 0 saturated carbocycles. The van der Waals surface area contributed by atoms with Crippen molar-refractivity contribution in [3.63, 3.8) is 0 Å². The van der Waals surface area contributed by atoms with Crippen LogP contribution in [0.3, 0.4) is 0 Å². The molecule has 3 heteroatoms. The van der Waals surface area contributed by atoms with Crippen molar-refractivity contribution in [1.82, 2.24) is 0 Å². The molecular formula is C24H20NOP. The van der Waals surface area contributed by atoms with Gasteiger partial charge in [-0.3, -0.25) is 0 Å². The van der Waals surface area contributed by atoms with Crippen molar-refractivity contribution in [3.8, 4) is 0 Å². The summed E-state index contributed by atoms with van der Waals surface area (Å²) in [5.41, 5.74) is 3.22. The lowest BCUT2D eigenvalue weighted by Crippen LogP contribution is -2.11. The second-order valence-corrected chi connectivity index (χ2v) is 8.06. The predicted molar refractivity (Wildman–Crippen MR) is 116 cm³/mol. The number of anilines is 3. The number of nitrogens with zero attached hydrogens (tertiary/aromatic N) is 1. The van der Waals surface area contributed by atoms with Crippen LogP contribution in [0.1, 0.15) is 0 Å². The average molecular weight is 369 g/mol. The molecule has 0 fully saturated rings. The van der Waals surface area contributed by atoms with E-state index in [2.05, 4.69) is 29.2 Å². The molecule has 0 spiro atoms. The quantitative estimate of drug-likeness (QED) is 0.423. The number of para-hydroxylation sites is 2. The molecule has 1 unspecified atom stereocenters. The third kappa shape index (κ3) is 3.86. The van der Waals surface area contributed by atoms with Gasteiger partial charge in [0.25, 0.3) is 0 Å². The van der Waals surface area contributed by atoms with E-state index in [1.54, 1.807) is 0 Å². The molecule has 0 radical (unpaired) electrons. The lowest BCUT2D eigenvalue weighted by atomic mass is 10.2. The summed E-state index contributed by atoms with van der Waals surface area (Å²) in [7, 11) is -1.98. The van der Waals surface area contributed by atoms with E-state index in [1.807, 2.05) is 91.0 Å². The largest absolute Gasteiger partial charge is 0.317 e. The van der Waals surface area contributed by atoms with Crippen LogP contribution < -0.4 is 15.5 Å². The van der Waals surface area contributed by atoms with Crippen molar-refractivity contribution < 1.29 is 4.57 Å². The summed E-state index contributed by atoms with van der Waals surface area (Å²) in [5.74, 6) is 0. The van der Waals surface area contributed by atoms with E-state index < -0.39 is 7.80 Å². The summed E-state index contributed by atoms with van der Waals surface area (Å²) in [6.07, 6.45) is 0. The van der Waals surface area contributed by atoms with Crippen LogP contribution >= 0.6 is 7.80 Å². The Morgan fingerprint density at radius 2 is 0.815 bits per heavy atom. The highest BCUT2D eigenvalue weighted by atomic mass is 31.1. The van der Waals surface area contributed by atoms with Crippen LogP contribution in [0.5, 0.6) is 0 Å². The van der Waals surface area contributed by atoms with E-state index in [-0.39, 0.29) is 0 Å². The zero-order chi connectivity index (χ0) is 18.5. The number of rotatable bonds is 5. The van der Waals surface area contributed by atoms with Crippen LogP contribution in [0.25, 0.3) is 0 Å². The molecule has 27 heavy (non-hydrogen) atoms. The minimum absolute atomic E-state index is 0.871. The maximum Gasteiger partial charge on any atom is 0.131 e. The Morgan fingerprint density at radius 1 is 0.444 bits per heavy atom. The zero-order valence-electron chi connectivity index (χ0n) is 14.8. The Balaban J connectivity index is 1.70. The minimum Gasteiger partial charge on any atom is -0.317 e. The van der Waals surface area contributed by atoms with Gasteiger partial charge in [0.1, 0.15) is 7.80 Å². The monoisotopic (exact) mass is 369 g/mol. The van der Waals surface area contributed by atoms with Crippen LogP contribution in [0.2, 0.25) is 0 Å². The zero-order valence-corrected chi connectivity index (χ0v) is 15.8. The van der Waals surface area contributed by atoms with Crippen molar-refractivity contribution >= 4 is 35.5 Å². The molecule has 4 aromatic carbocycles. The highest BCUT2D eigenvalue weighted by molar-refractivity contribution is 7.61. The Hall–Kier alpha value is -3.09. The van der Waals surface area contributed by atoms with Crippen molar-refractivity contribution in [2.45, 2.75) is 0 Å². The molecular weight excluding hydrogens is 349 g/mol. The Labute approximate surface area is 160 Å². The number of benzene rings is 4. The maximum atomic E-state index is 12.8. The molecule has 0 amide bonds. The molecule has 0 N–H and O–H groups in total.